The van der Waals surface area contributed by atoms with Crippen LogP contribution in [0.4, 0.5) is 5.69 Å². The van der Waals surface area contributed by atoms with Gasteiger partial charge in [0.1, 0.15) is 0 Å². The Morgan fingerprint density at radius 2 is 1.56 bits per heavy atom. The molecule has 0 spiro atoms. The second kappa shape index (κ2) is 14.2. The molecule has 0 radical (unpaired) electrons. The lowest BCUT2D eigenvalue weighted by molar-refractivity contribution is 1.09. The molecule has 0 aliphatic rings. The highest BCUT2D eigenvalue weighted by Gasteiger charge is 2.03. The van der Waals surface area contributed by atoms with Crippen LogP contribution in [0.3, 0.4) is 0 Å². The van der Waals surface area contributed by atoms with Crippen molar-refractivity contribution in [2.75, 3.05) is 11.9 Å². The van der Waals surface area contributed by atoms with E-state index in [9.17, 15) is 0 Å². The van der Waals surface area contributed by atoms with Gasteiger partial charge in [0.25, 0.3) is 0 Å². The number of rotatable bonds is 10. The van der Waals surface area contributed by atoms with Crippen molar-refractivity contribution in [1.29, 1.82) is 0 Å². The van der Waals surface area contributed by atoms with E-state index in [1.807, 2.05) is 24.3 Å². The number of nitrogens with zero attached hydrogens (tertiary/aromatic N) is 1. The zero-order chi connectivity index (χ0) is 24.8. The van der Waals surface area contributed by atoms with Crippen LogP contribution in [-0.4, -0.2) is 7.05 Å². The monoisotopic (exact) mass is 445 g/mol. The molecule has 0 aliphatic heterocycles. The second-order valence-electron chi connectivity index (χ2n) is 8.09. The lowest BCUT2D eigenvalue weighted by atomic mass is 10.00. The number of terminal acetylenes is 1. The molecule has 172 valence electrons. The zero-order valence-corrected chi connectivity index (χ0v) is 20.8. The van der Waals surface area contributed by atoms with Crippen LogP contribution in [0, 0.1) is 12.3 Å². The summed E-state index contributed by atoms with van der Waals surface area (Å²) in [5.74, 6) is 2.48. The lowest BCUT2D eigenvalue weighted by Crippen LogP contribution is -2.13. The first-order chi connectivity index (χ1) is 16.5. The van der Waals surface area contributed by atoms with Crippen molar-refractivity contribution in [3.63, 3.8) is 0 Å². The molecule has 0 aromatic heterocycles. The van der Waals surface area contributed by atoms with E-state index >= 15 is 0 Å². The van der Waals surface area contributed by atoms with Gasteiger partial charge in [-0.3, -0.25) is 0 Å². The summed E-state index contributed by atoms with van der Waals surface area (Å²) in [7, 11) is 2.10. The standard InChI is InChI=1S/C33H35N/c1-7-9-11-12-14-17-30-22-24-33(25-23-30)34(6)29(5)21-20-28(4)32-19-15-18-31(26-32)27(3)16-13-10-8-2/h1,8-16,18-26H,2,17H2,3-6H3/b11-9-,13-10-,14-12-,27-16+,28-20+,29-21+. The summed E-state index contributed by atoms with van der Waals surface area (Å²) in [6.07, 6.45) is 25.9. The third kappa shape index (κ3) is 8.49. The predicted molar refractivity (Wildman–Crippen MR) is 152 cm³/mol. The largest absolute Gasteiger partial charge is 0.348 e. The van der Waals surface area contributed by atoms with Crippen LogP contribution in [0.25, 0.3) is 11.1 Å². The minimum absolute atomic E-state index is 0.883. The van der Waals surface area contributed by atoms with Crippen molar-refractivity contribution < 1.29 is 0 Å². The summed E-state index contributed by atoms with van der Waals surface area (Å²) in [5, 5.41) is 0. The van der Waals surface area contributed by atoms with Gasteiger partial charge in [0.05, 0.1) is 0 Å². The highest BCUT2D eigenvalue weighted by Crippen LogP contribution is 2.22. The van der Waals surface area contributed by atoms with Gasteiger partial charge in [-0.15, -0.1) is 6.42 Å². The molecule has 0 aliphatic carbocycles. The first-order valence-electron chi connectivity index (χ1n) is 11.5. The summed E-state index contributed by atoms with van der Waals surface area (Å²) in [6, 6.07) is 17.3. The Balaban J connectivity index is 2.09. The maximum absolute atomic E-state index is 5.20. The molecule has 2 aromatic rings. The lowest BCUT2D eigenvalue weighted by Gasteiger charge is -2.20. The fourth-order valence-corrected chi connectivity index (χ4v) is 3.29. The van der Waals surface area contributed by atoms with Crippen molar-refractivity contribution in [3.8, 4) is 12.3 Å². The molecule has 0 fully saturated rings. The van der Waals surface area contributed by atoms with Gasteiger partial charge in [0, 0.05) is 18.4 Å². The molecule has 2 rings (SSSR count). The second-order valence-corrected chi connectivity index (χ2v) is 8.09. The Hall–Kier alpha value is -4.02. The van der Waals surface area contributed by atoms with Gasteiger partial charge >= 0.3 is 0 Å². The third-order valence-electron chi connectivity index (χ3n) is 5.59. The third-order valence-corrected chi connectivity index (χ3v) is 5.59. The van der Waals surface area contributed by atoms with Crippen LogP contribution in [0.2, 0.25) is 0 Å². The average Bonchev–Trinajstić information content (AvgIpc) is 2.87. The molecule has 0 N–H and O–H groups in total. The summed E-state index contributed by atoms with van der Waals surface area (Å²) < 4.78 is 0. The van der Waals surface area contributed by atoms with E-state index in [-0.39, 0.29) is 0 Å². The Kier molecular flexibility index (Phi) is 11.0. The molecule has 2 aromatic carbocycles. The van der Waals surface area contributed by atoms with Crippen molar-refractivity contribution >= 4 is 16.8 Å². The molecule has 0 amide bonds. The van der Waals surface area contributed by atoms with Crippen molar-refractivity contribution in [2.45, 2.75) is 27.2 Å². The fourth-order valence-electron chi connectivity index (χ4n) is 3.29. The van der Waals surface area contributed by atoms with Crippen molar-refractivity contribution in [3.05, 3.63) is 138 Å². The molecule has 0 bridgehead atoms. The Morgan fingerprint density at radius 1 is 0.882 bits per heavy atom. The molecular weight excluding hydrogens is 410 g/mol. The van der Waals surface area contributed by atoms with Crippen LogP contribution in [0.15, 0.2) is 122 Å². The van der Waals surface area contributed by atoms with Crippen LogP contribution < -0.4 is 4.90 Å². The summed E-state index contributed by atoms with van der Waals surface area (Å²) in [6.45, 7) is 10.1. The first kappa shape index (κ1) is 26.2. The van der Waals surface area contributed by atoms with Gasteiger partial charge in [-0.25, -0.2) is 0 Å². The smallest absolute Gasteiger partial charge is 0.0405 e. The van der Waals surface area contributed by atoms with Crippen molar-refractivity contribution in [1.82, 2.24) is 0 Å². The molecule has 0 saturated heterocycles. The minimum Gasteiger partial charge on any atom is -0.348 e. The SMILES string of the molecule is C#C/C=C\C=C/Cc1ccc(N(C)/C(C)=C/C=C(\C)c2cccc(/C(C)=C/C=C\C=C)c2)cc1. The topological polar surface area (TPSA) is 3.24 Å². The van der Waals surface area contributed by atoms with E-state index in [4.69, 9.17) is 6.42 Å². The number of anilines is 1. The summed E-state index contributed by atoms with van der Waals surface area (Å²) in [4.78, 5) is 2.20. The highest BCUT2D eigenvalue weighted by molar-refractivity contribution is 5.72. The van der Waals surface area contributed by atoms with E-state index < -0.39 is 0 Å². The summed E-state index contributed by atoms with van der Waals surface area (Å²) >= 11 is 0. The Morgan fingerprint density at radius 3 is 2.21 bits per heavy atom. The number of allylic oxidation sites excluding steroid dienone is 13. The number of hydrogen-bond donors (Lipinski definition) is 0. The normalized spacial score (nSPS) is 13.1. The molecule has 0 saturated carbocycles. The van der Waals surface area contributed by atoms with Gasteiger partial charge in [-0.2, -0.15) is 0 Å². The number of hydrogen-bond acceptors (Lipinski definition) is 1. The fraction of sp³-hybridized carbons (Fsp3) is 0.152. The molecule has 1 nitrogen and oxygen atoms in total. The van der Waals surface area contributed by atoms with E-state index in [0.29, 0.717) is 0 Å². The molecule has 0 unspecified atom stereocenters. The molecule has 1 heteroatoms. The van der Waals surface area contributed by atoms with Gasteiger partial charge in [0.2, 0.25) is 0 Å². The minimum atomic E-state index is 0.883. The highest BCUT2D eigenvalue weighted by atomic mass is 15.1. The van der Waals surface area contributed by atoms with E-state index in [1.165, 1.54) is 33.5 Å². The summed E-state index contributed by atoms with van der Waals surface area (Å²) in [5.41, 5.74) is 8.50. The van der Waals surface area contributed by atoms with Crippen LogP contribution in [-0.2, 0) is 6.42 Å². The Bertz CT molecular complexity index is 1170. The average molecular weight is 446 g/mol. The van der Waals surface area contributed by atoms with Crippen molar-refractivity contribution in [2.24, 2.45) is 0 Å². The zero-order valence-electron chi connectivity index (χ0n) is 20.8. The van der Waals surface area contributed by atoms with Gasteiger partial charge in [-0.1, -0.05) is 91.4 Å². The number of benzene rings is 2. The maximum atomic E-state index is 5.20. The molecule has 0 heterocycles. The first-order valence-corrected chi connectivity index (χ1v) is 11.5. The Labute approximate surface area is 206 Å². The predicted octanol–water partition coefficient (Wildman–Crippen LogP) is 8.56. The van der Waals surface area contributed by atoms with E-state index in [0.717, 1.165) is 12.1 Å². The quantitative estimate of drug-likeness (QED) is 0.261. The maximum Gasteiger partial charge on any atom is 0.0405 e. The van der Waals surface area contributed by atoms with Crippen LogP contribution in [0.1, 0.15) is 37.5 Å². The molecular formula is C33H35N. The van der Waals surface area contributed by atoms with Gasteiger partial charge in [-0.05, 0) is 85.4 Å². The van der Waals surface area contributed by atoms with Crippen LogP contribution in [0.5, 0.6) is 0 Å². The van der Waals surface area contributed by atoms with Gasteiger partial charge < -0.3 is 4.90 Å². The molecule has 0 atom stereocenters. The van der Waals surface area contributed by atoms with E-state index in [1.54, 1.807) is 12.2 Å². The van der Waals surface area contributed by atoms with Crippen LogP contribution >= 0.6 is 0 Å². The molecule has 34 heavy (non-hydrogen) atoms. The van der Waals surface area contributed by atoms with E-state index in [2.05, 4.69) is 118 Å². The van der Waals surface area contributed by atoms with Gasteiger partial charge in [0.15, 0.2) is 0 Å².